The number of ether oxygens (including phenoxy) is 1. The fraction of sp³-hybridized carbons (Fsp3) is 0.423. The lowest BCUT2D eigenvalue weighted by Gasteiger charge is -2.33. The van der Waals surface area contributed by atoms with Crippen LogP contribution in [0.2, 0.25) is 0 Å². The Labute approximate surface area is 226 Å². The molecule has 0 saturated carbocycles. The zero-order chi connectivity index (χ0) is 25.7. The summed E-state index contributed by atoms with van der Waals surface area (Å²) in [5.74, 6) is 1.54. The second-order valence-corrected chi connectivity index (χ2v) is 13.4. The lowest BCUT2D eigenvalue weighted by Crippen LogP contribution is -2.26. The van der Waals surface area contributed by atoms with Crippen molar-refractivity contribution in [2.45, 2.75) is 52.1 Å². The fourth-order valence-electron chi connectivity index (χ4n) is 4.89. The summed E-state index contributed by atoms with van der Waals surface area (Å²) in [4.78, 5) is 24.4. The van der Waals surface area contributed by atoms with Crippen molar-refractivity contribution in [2.75, 3.05) is 17.7 Å². The number of anilines is 1. The Hall–Kier alpha value is -2.76. The first-order valence-corrected chi connectivity index (χ1v) is 15.0. The van der Waals surface area contributed by atoms with Gasteiger partial charge >= 0.3 is 0 Å². The first-order chi connectivity index (χ1) is 17.8. The van der Waals surface area contributed by atoms with Gasteiger partial charge in [0.2, 0.25) is 5.91 Å². The van der Waals surface area contributed by atoms with Gasteiger partial charge in [-0.15, -0.1) is 21.5 Å². The second kappa shape index (κ2) is 9.52. The number of carbonyl (C=O) groups is 1. The normalized spacial score (nSPS) is 15.9. The number of fused-ring (bicyclic) bond motifs is 6. The van der Waals surface area contributed by atoms with Crippen LogP contribution in [0.25, 0.3) is 26.1 Å². The number of rotatable bonds is 6. The summed E-state index contributed by atoms with van der Waals surface area (Å²) in [7, 11) is 0. The molecule has 1 aliphatic rings. The van der Waals surface area contributed by atoms with Crippen LogP contribution in [0.4, 0.5) is 5.13 Å². The van der Waals surface area contributed by atoms with Crippen LogP contribution in [0.5, 0.6) is 5.75 Å². The van der Waals surface area contributed by atoms with E-state index >= 15 is 0 Å². The third-order valence-electron chi connectivity index (χ3n) is 6.90. The van der Waals surface area contributed by atoms with E-state index in [9.17, 15) is 4.79 Å². The van der Waals surface area contributed by atoms with Crippen LogP contribution in [-0.2, 0) is 17.6 Å². The Bertz CT molecular complexity index is 1630. The number of nitrogens with zero attached hydrogens (tertiary/aromatic N) is 5. The van der Waals surface area contributed by atoms with Gasteiger partial charge in [-0.3, -0.25) is 9.20 Å². The Morgan fingerprint density at radius 3 is 2.95 bits per heavy atom. The molecule has 4 aromatic heterocycles. The minimum absolute atomic E-state index is 0.138. The molecule has 1 aliphatic carbocycles. The zero-order valence-corrected chi connectivity index (χ0v) is 23.6. The van der Waals surface area contributed by atoms with E-state index in [1.54, 1.807) is 17.7 Å². The van der Waals surface area contributed by atoms with Crippen LogP contribution in [0.3, 0.4) is 0 Å². The molecule has 6 rings (SSSR count). The molecule has 1 aromatic carbocycles. The van der Waals surface area contributed by atoms with Crippen LogP contribution in [0.1, 0.15) is 44.6 Å². The van der Waals surface area contributed by atoms with E-state index in [1.165, 1.54) is 40.0 Å². The Morgan fingerprint density at radius 2 is 2.14 bits per heavy atom. The predicted octanol–water partition coefficient (Wildman–Crippen LogP) is 6.23. The lowest BCUT2D eigenvalue weighted by atomic mass is 9.72. The first kappa shape index (κ1) is 24.6. The van der Waals surface area contributed by atoms with Crippen molar-refractivity contribution in [3.05, 3.63) is 35.0 Å². The van der Waals surface area contributed by atoms with Crippen molar-refractivity contribution >= 4 is 71.6 Å². The van der Waals surface area contributed by atoms with Gasteiger partial charge in [0.1, 0.15) is 16.9 Å². The van der Waals surface area contributed by atoms with Gasteiger partial charge in [-0.25, -0.2) is 9.97 Å². The van der Waals surface area contributed by atoms with Crippen LogP contribution in [0.15, 0.2) is 29.7 Å². The molecule has 8 nitrogen and oxygen atoms in total. The fourth-order valence-corrected chi connectivity index (χ4v) is 7.77. The van der Waals surface area contributed by atoms with E-state index in [2.05, 4.69) is 41.3 Å². The highest BCUT2D eigenvalue weighted by molar-refractivity contribution is 7.99. The topological polar surface area (TPSA) is 94.3 Å². The van der Waals surface area contributed by atoms with Gasteiger partial charge in [0, 0.05) is 4.88 Å². The number of nitrogens with one attached hydrogen (secondary N) is 1. The number of aromatic nitrogens is 5. The van der Waals surface area contributed by atoms with E-state index in [-0.39, 0.29) is 11.7 Å². The molecule has 37 heavy (non-hydrogen) atoms. The van der Waals surface area contributed by atoms with Crippen molar-refractivity contribution in [3.63, 3.8) is 0 Å². The number of thiazole rings is 1. The maximum absolute atomic E-state index is 12.7. The van der Waals surface area contributed by atoms with Crippen molar-refractivity contribution in [2.24, 2.45) is 11.3 Å². The van der Waals surface area contributed by atoms with Gasteiger partial charge < -0.3 is 10.1 Å². The highest BCUT2D eigenvalue weighted by Gasteiger charge is 2.32. The molecule has 4 heterocycles. The van der Waals surface area contributed by atoms with E-state index < -0.39 is 0 Å². The molecule has 0 fully saturated rings. The van der Waals surface area contributed by atoms with Crippen molar-refractivity contribution < 1.29 is 9.53 Å². The Morgan fingerprint density at radius 1 is 1.27 bits per heavy atom. The summed E-state index contributed by atoms with van der Waals surface area (Å²) in [6.07, 6.45) is 5.11. The summed E-state index contributed by atoms with van der Waals surface area (Å²) in [6, 6.07) is 5.75. The number of hydrogen-bond acceptors (Lipinski definition) is 9. The van der Waals surface area contributed by atoms with Gasteiger partial charge in [0.05, 0.1) is 28.0 Å². The molecule has 0 spiro atoms. The molecule has 0 saturated heterocycles. The number of hydrogen-bond donors (Lipinski definition) is 1. The van der Waals surface area contributed by atoms with E-state index in [1.807, 2.05) is 29.5 Å². The molecule has 0 aliphatic heterocycles. The van der Waals surface area contributed by atoms with Crippen LogP contribution in [-0.4, -0.2) is 42.8 Å². The quantitative estimate of drug-likeness (QED) is 0.250. The third-order valence-corrected chi connectivity index (χ3v) is 9.94. The highest BCUT2D eigenvalue weighted by Crippen LogP contribution is 2.43. The predicted molar refractivity (Wildman–Crippen MR) is 151 cm³/mol. The number of thioether (sulfide) groups is 1. The molecule has 1 unspecified atom stereocenters. The first-order valence-electron chi connectivity index (χ1n) is 12.4. The van der Waals surface area contributed by atoms with Gasteiger partial charge in [-0.2, -0.15) is 0 Å². The third kappa shape index (κ3) is 4.68. The summed E-state index contributed by atoms with van der Waals surface area (Å²) >= 11 is 4.58. The van der Waals surface area contributed by atoms with Gasteiger partial charge in [0.15, 0.2) is 15.9 Å². The van der Waals surface area contributed by atoms with Crippen LogP contribution in [0, 0.1) is 11.3 Å². The largest absolute Gasteiger partial charge is 0.494 e. The maximum atomic E-state index is 12.7. The Kier molecular flexibility index (Phi) is 6.32. The zero-order valence-electron chi connectivity index (χ0n) is 21.2. The smallest absolute Gasteiger partial charge is 0.236 e. The summed E-state index contributed by atoms with van der Waals surface area (Å²) in [5, 5.41) is 14.2. The molecule has 0 radical (unpaired) electrons. The minimum Gasteiger partial charge on any atom is -0.494 e. The summed E-state index contributed by atoms with van der Waals surface area (Å²) < 4.78 is 8.44. The van der Waals surface area contributed by atoms with E-state index in [4.69, 9.17) is 9.72 Å². The van der Waals surface area contributed by atoms with Crippen LogP contribution < -0.4 is 10.1 Å². The van der Waals surface area contributed by atoms with E-state index in [0.29, 0.717) is 28.2 Å². The molecule has 5 aromatic rings. The second-order valence-electron chi connectivity index (χ2n) is 10.3. The molecule has 1 atom stereocenters. The molecule has 192 valence electrons. The van der Waals surface area contributed by atoms with Crippen LogP contribution >= 0.6 is 34.4 Å². The van der Waals surface area contributed by atoms with Gasteiger partial charge in [-0.1, -0.05) is 43.9 Å². The molecule has 1 amide bonds. The molecule has 11 heteroatoms. The number of benzene rings is 1. The molecule has 0 bridgehead atoms. The van der Waals surface area contributed by atoms with Crippen molar-refractivity contribution in [1.82, 2.24) is 24.6 Å². The molecule has 1 N–H and O–H groups in total. The number of aryl methyl sites for hydroxylation is 1. The standard InChI is InChI=1S/C26H28N6O2S3/c1-5-34-15-7-9-17-19(11-15)37-24(28-17)29-20(33)12-35-25-31-30-22-21-16-8-6-14(26(2,3)4)10-18(16)36-23(21)27-13-32(22)25/h7,9,11,13-14H,5-6,8,10,12H2,1-4H3,(H,28,29,33). The number of carbonyl (C=O) groups excluding carboxylic acids is 1. The monoisotopic (exact) mass is 552 g/mol. The van der Waals surface area contributed by atoms with Crippen molar-refractivity contribution in [3.8, 4) is 5.75 Å². The van der Waals surface area contributed by atoms with Gasteiger partial charge in [0.25, 0.3) is 0 Å². The minimum atomic E-state index is -0.138. The maximum Gasteiger partial charge on any atom is 0.236 e. The summed E-state index contributed by atoms with van der Waals surface area (Å²) in [6.45, 7) is 9.56. The average molecular weight is 553 g/mol. The highest BCUT2D eigenvalue weighted by atomic mass is 32.2. The molecular formula is C26H28N6O2S3. The molecular weight excluding hydrogens is 525 g/mol. The van der Waals surface area contributed by atoms with E-state index in [0.717, 1.165) is 44.7 Å². The Balaban J connectivity index is 1.18. The lowest BCUT2D eigenvalue weighted by molar-refractivity contribution is -0.113. The number of thiophene rings is 1. The number of amides is 1. The van der Waals surface area contributed by atoms with Gasteiger partial charge in [-0.05, 0) is 61.3 Å². The summed E-state index contributed by atoms with van der Waals surface area (Å²) in [5.41, 5.74) is 3.34. The average Bonchev–Trinajstić information content (AvgIpc) is 3.55. The SMILES string of the molecule is CCOc1ccc2nc(NC(=O)CSc3nnc4c5c6c(sc5ncn34)CC(C(C)(C)C)CC6)sc2c1. The van der Waals surface area contributed by atoms with Crippen molar-refractivity contribution in [1.29, 1.82) is 0 Å².